The van der Waals surface area contributed by atoms with Gasteiger partial charge in [0.05, 0.1) is 0 Å². The summed E-state index contributed by atoms with van der Waals surface area (Å²) < 4.78 is 16.9. The van der Waals surface area contributed by atoms with Gasteiger partial charge in [0.25, 0.3) is 0 Å². The van der Waals surface area contributed by atoms with Crippen LogP contribution in [-0.2, 0) is 28.6 Å². The Morgan fingerprint density at radius 3 is 0.853 bits per heavy atom. The molecule has 0 heterocycles. The van der Waals surface area contributed by atoms with E-state index in [4.69, 9.17) is 14.2 Å². The van der Waals surface area contributed by atoms with Gasteiger partial charge < -0.3 is 14.2 Å². The quantitative estimate of drug-likeness (QED) is 0.0261. The summed E-state index contributed by atoms with van der Waals surface area (Å²) in [4.78, 5) is 38.3. The van der Waals surface area contributed by atoms with Crippen molar-refractivity contribution < 1.29 is 28.6 Å². The predicted octanol–water partition coefficient (Wildman–Crippen LogP) is 21.9. The zero-order valence-corrected chi connectivity index (χ0v) is 49.6. The maximum Gasteiger partial charge on any atom is 0.306 e. The number of esters is 3. The van der Waals surface area contributed by atoms with E-state index in [1.54, 1.807) is 0 Å². The van der Waals surface area contributed by atoms with Crippen molar-refractivity contribution in [3.8, 4) is 0 Å². The lowest BCUT2D eigenvalue weighted by Crippen LogP contribution is -2.30. The number of carbonyl (C=O) groups excluding carboxylic acids is 3. The number of ether oxygens (including phenoxy) is 3. The fourth-order valence-corrected chi connectivity index (χ4v) is 9.05. The van der Waals surface area contributed by atoms with Crippen molar-refractivity contribution in [3.05, 3.63) is 85.1 Å². The van der Waals surface area contributed by atoms with Crippen molar-refractivity contribution >= 4 is 17.9 Å². The highest BCUT2D eigenvalue weighted by Gasteiger charge is 2.19. The molecule has 0 amide bonds. The highest BCUT2D eigenvalue weighted by atomic mass is 16.6. The third-order valence-corrected chi connectivity index (χ3v) is 13.9. The second-order valence-electron chi connectivity index (χ2n) is 21.3. The molecule has 6 heteroatoms. The van der Waals surface area contributed by atoms with Crippen molar-refractivity contribution in [3.63, 3.8) is 0 Å². The van der Waals surface area contributed by atoms with Crippen molar-refractivity contribution in [2.45, 2.75) is 322 Å². The summed E-state index contributed by atoms with van der Waals surface area (Å²) in [5.74, 6) is -0.926. The van der Waals surface area contributed by atoms with Crippen LogP contribution in [-0.4, -0.2) is 37.2 Å². The van der Waals surface area contributed by atoms with Gasteiger partial charge in [0, 0.05) is 19.3 Å². The van der Waals surface area contributed by atoms with Crippen molar-refractivity contribution in [1.82, 2.24) is 0 Å². The van der Waals surface area contributed by atoms with E-state index in [1.165, 1.54) is 186 Å². The standard InChI is InChI=1S/C69H120O6/c1-4-7-10-13-16-19-22-25-28-30-32-33-34-35-37-38-41-44-47-50-53-56-59-62-68(71)74-65-66(64-73-67(70)61-58-55-52-49-46-43-40-27-24-21-18-15-12-9-6-3)75-69(72)63-60-57-54-51-48-45-42-39-36-31-29-26-23-20-17-14-11-8-5-2/h9,12,18,21-22,25-27,29-30,32,40,46,49,66H,4-8,10-11,13-17,19-20,23-24,28,31,33-39,41-45,47-48,50-65H2,1-3H3/b12-9-,21-18-,25-22-,29-26-,32-30-,40-27-,49-46-. The fraction of sp³-hybridized carbons (Fsp3) is 0.754. The predicted molar refractivity (Wildman–Crippen MR) is 325 cm³/mol. The minimum atomic E-state index is -0.797. The molecule has 0 radical (unpaired) electrons. The Bertz CT molecular complexity index is 1430. The molecule has 0 fully saturated rings. The summed E-state index contributed by atoms with van der Waals surface area (Å²) in [6.07, 6.45) is 83.0. The first kappa shape index (κ1) is 71.6. The second kappa shape index (κ2) is 63.1. The molecule has 0 aromatic carbocycles. The minimum Gasteiger partial charge on any atom is -0.462 e. The first-order valence-electron chi connectivity index (χ1n) is 32.1. The van der Waals surface area contributed by atoms with Crippen LogP contribution in [0.25, 0.3) is 0 Å². The molecule has 1 atom stereocenters. The number of unbranched alkanes of at least 4 members (excludes halogenated alkanes) is 33. The minimum absolute atomic E-state index is 0.0905. The summed E-state index contributed by atoms with van der Waals surface area (Å²) in [5, 5.41) is 0. The molecule has 1 unspecified atom stereocenters. The molecule has 0 rings (SSSR count). The number of allylic oxidation sites excluding steroid dienone is 14. The Balaban J connectivity index is 4.38. The topological polar surface area (TPSA) is 78.9 Å². The van der Waals surface area contributed by atoms with Crippen LogP contribution in [0.5, 0.6) is 0 Å². The van der Waals surface area contributed by atoms with Crippen LogP contribution in [0.1, 0.15) is 316 Å². The first-order valence-corrected chi connectivity index (χ1v) is 32.1. The summed E-state index contributed by atoms with van der Waals surface area (Å²) in [7, 11) is 0. The van der Waals surface area contributed by atoms with Crippen LogP contribution in [0, 0.1) is 0 Å². The van der Waals surface area contributed by atoms with E-state index in [2.05, 4.69) is 106 Å². The largest absolute Gasteiger partial charge is 0.462 e. The third kappa shape index (κ3) is 61.3. The number of hydrogen-bond donors (Lipinski definition) is 0. The second-order valence-corrected chi connectivity index (χ2v) is 21.3. The Hall–Kier alpha value is -3.41. The highest BCUT2D eigenvalue weighted by molar-refractivity contribution is 5.71. The van der Waals surface area contributed by atoms with E-state index in [0.717, 1.165) is 89.9 Å². The molecule has 0 bridgehead atoms. The van der Waals surface area contributed by atoms with Gasteiger partial charge in [-0.1, -0.05) is 266 Å². The van der Waals surface area contributed by atoms with E-state index in [9.17, 15) is 14.4 Å². The lowest BCUT2D eigenvalue weighted by Gasteiger charge is -2.18. The van der Waals surface area contributed by atoms with E-state index in [-0.39, 0.29) is 31.1 Å². The monoisotopic (exact) mass is 1040 g/mol. The van der Waals surface area contributed by atoms with Gasteiger partial charge in [0.2, 0.25) is 0 Å². The molecule has 0 aliphatic carbocycles. The van der Waals surface area contributed by atoms with Gasteiger partial charge in [-0.2, -0.15) is 0 Å². The summed E-state index contributed by atoms with van der Waals surface area (Å²) in [6.45, 7) is 6.51. The molecular weight excluding hydrogens is 925 g/mol. The van der Waals surface area contributed by atoms with E-state index in [1.807, 2.05) is 0 Å². The lowest BCUT2D eigenvalue weighted by atomic mass is 10.0. The van der Waals surface area contributed by atoms with Gasteiger partial charge in [-0.25, -0.2) is 0 Å². The van der Waals surface area contributed by atoms with Crippen LogP contribution in [0.15, 0.2) is 85.1 Å². The van der Waals surface area contributed by atoms with Crippen LogP contribution in [0.3, 0.4) is 0 Å². The first-order chi connectivity index (χ1) is 37.0. The molecule has 0 aliphatic rings. The number of carbonyl (C=O) groups is 3. The SMILES string of the molecule is CC/C=C\C/C=C\C/C=C\C/C=C\CCCCC(=O)OCC(COC(=O)CCCCCCCCCCCCC/C=C\C/C=C\CCCCCCC)OC(=O)CCCCCCCCCCC/C=C\CCCCCCCC. The number of rotatable bonds is 58. The Morgan fingerprint density at radius 2 is 0.520 bits per heavy atom. The molecule has 0 aliphatic heterocycles. The van der Waals surface area contributed by atoms with E-state index < -0.39 is 6.10 Å². The molecule has 0 saturated carbocycles. The normalized spacial score (nSPS) is 12.6. The molecule has 0 aromatic rings. The van der Waals surface area contributed by atoms with E-state index >= 15 is 0 Å². The zero-order valence-electron chi connectivity index (χ0n) is 49.6. The Kier molecular flexibility index (Phi) is 60.3. The van der Waals surface area contributed by atoms with Gasteiger partial charge >= 0.3 is 17.9 Å². The van der Waals surface area contributed by atoms with Crippen molar-refractivity contribution in [2.75, 3.05) is 13.2 Å². The molecule has 0 saturated heterocycles. The molecule has 0 spiro atoms. The van der Waals surface area contributed by atoms with Crippen LogP contribution in [0.4, 0.5) is 0 Å². The molecule has 432 valence electrons. The Labute approximate surface area is 465 Å². The molecule has 75 heavy (non-hydrogen) atoms. The van der Waals surface area contributed by atoms with Gasteiger partial charge in [-0.3, -0.25) is 14.4 Å². The van der Waals surface area contributed by atoms with Gasteiger partial charge in [0.15, 0.2) is 6.10 Å². The zero-order chi connectivity index (χ0) is 54.3. The van der Waals surface area contributed by atoms with Gasteiger partial charge in [-0.05, 0) is 116 Å². The van der Waals surface area contributed by atoms with Crippen LogP contribution in [0.2, 0.25) is 0 Å². The molecular formula is C69H120O6. The Morgan fingerprint density at radius 1 is 0.280 bits per heavy atom. The average Bonchev–Trinajstić information content (AvgIpc) is 3.41. The van der Waals surface area contributed by atoms with Crippen molar-refractivity contribution in [2.24, 2.45) is 0 Å². The maximum atomic E-state index is 12.9. The summed E-state index contributed by atoms with van der Waals surface area (Å²) in [6, 6.07) is 0. The summed E-state index contributed by atoms with van der Waals surface area (Å²) >= 11 is 0. The molecule has 0 aromatic heterocycles. The third-order valence-electron chi connectivity index (χ3n) is 13.9. The molecule has 0 N–H and O–H groups in total. The van der Waals surface area contributed by atoms with Crippen LogP contribution < -0.4 is 0 Å². The fourth-order valence-electron chi connectivity index (χ4n) is 9.05. The maximum absolute atomic E-state index is 12.9. The lowest BCUT2D eigenvalue weighted by molar-refractivity contribution is -0.167. The van der Waals surface area contributed by atoms with Crippen LogP contribution >= 0.6 is 0 Å². The highest BCUT2D eigenvalue weighted by Crippen LogP contribution is 2.16. The average molecular weight is 1050 g/mol. The van der Waals surface area contributed by atoms with Gasteiger partial charge in [0.1, 0.15) is 13.2 Å². The summed E-state index contributed by atoms with van der Waals surface area (Å²) in [5.41, 5.74) is 0. The molecule has 6 nitrogen and oxygen atoms in total. The van der Waals surface area contributed by atoms with Crippen molar-refractivity contribution in [1.29, 1.82) is 0 Å². The van der Waals surface area contributed by atoms with E-state index in [0.29, 0.717) is 19.3 Å². The number of hydrogen-bond acceptors (Lipinski definition) is 6. The smallest absolute Gasteiger partial charge is 0.306 e. The van der Waals surface area contributed by atoms with Gasteiger partial charge in [-0.15, -0.1) is 0 Å².